The second kappa shape index (κ2) is 10.1. The molecule has 3 aliphatic rings. The molecule has 38 heavy (non-hydrogen) atoms. The number of aromatic carboxylic acids is 1. The number of nitro groups is 1. The maximum absolute atomic E-state index is 15.5. The summed E-state index contributed by atoms with van der Waals surface area (Å²) in [5, 5.41) is 25.6. The molecular weight excluding hydrogens is 523 g/mol. The number of carbonyl (C=O) groups excluding carboxylic acids is 1. The quantitative estimate of drug-likeness (QED) is 0.320. The number of carbonyl (C=O) groups is 2. The van der Waals surface area contributed by atoms with E-state index in [4.69, 9.17) is 4.74 Å². The Labute approximate surface area is 219 Å². The van der Waals surface area contributed by atoms with E-state index in [0.717, 1.165) is 30.7 Å². The SMILES string of the molecule is COc1c(N2CCN(CC(=O)NC3NC=C([N+](=O)[O-])S3)CC2)c(F)cc2c(=O)c(C(=O)O)cn(C3CC3)c12. The molecule has 2 fully saturated rings. The van der Waals surface area contributed by atoms with Gasteiger partial charge in [0.15, 0.2) is 17.1 Å². The van der Waals surface area contributed by atoms with E-state index in [1.807, 2.05) is 4.90 Å². The first-order valence-corrected chi connectivity index (χ1v) is 12.8. The number of thioether (sulfide) groups is 1. The summed E-state index contributed by atoms with van der Waals surface area (Å²) in [7, 11) is 1.39. The van der Waals surface area contributed by atoms with Crippen LogP contribution >= 0.6 is 11.8 Å². The standard InChI is InChI=1S/C23H25FN6O7S/c1-37-21-18-13(20(32)14(22(33)34)10-29(18)12-2-3-12)8-15(24)19(21)28-6-4-27(5-7-28)11-16(31)26-23-25-9-17(38-23)30(35)36/h8-10,12,23,25H,2-7,11H2,1H3,(H,26,31)(H,33,34). The zero-order chi connectivity index (χ0) is 27.1. The van der Waals surface area contributed by atoms with Crippen molar-refractivity contribution < 1.29 is 28.7 Å². The third kappa shape index (κ3) is 4.86. The van der Waals surface area contributed by atoms with Crippen LogP contribution in [0.15, 0.2) is 28.3 Å². The lowest BCUT2D eigenvalue weighted by molar-refractivity contribution is -0.410. The molecule has 1 aromatic carbocycles. The van der Waals surface area contributed by atoms with Crippen LogP contribution in [0.1, 0.15) is 29.2 Å². The maximum Gasteiger partial charge on any atom is 0.341 e. The molecule has 2 aromatic rings. The Morgan fingerprint density at radius 2 is 2.03 bits per heavy atom. The summed E-state index contributed by atoms with van der Waals surface area (Å²) in [4.78, 5) is 50.9. The van der Waals surface area contributed by atoms with Crippen LogP contribution in [0.3, 0.4) is 0 Å². The summed E-state index contributed by atoms with van der Waals surface area (Å²) >= 11 is 0.904. The number of benzene rings is 1. The number of halogens is 1. The average molecular weight is 549 g/mol. The van der Waals surface area contributed by atoms with E-state index in [1.54, 1.807) is 9.47 Å². The van der Waals surface area contributed by atoms with Gasteiger partial charge in [-0.2, -0.15) is 0 Å². The number of rotatable bonds is 8. The van der Waals surface area contributed by atoms with Crippen molar-refractivity contribution in [3.8, 4) is 5.75 Å². The van der Waals surface area contributed by atoms with Crippen LogP contribution in [0.2, 0.25) is 0 Å². The van der Waals surface area contributed by atoms with Crippen LogP contribution < -0.4 is 25.7 Å². The smallest absolute Gasteiger partial charge is 0.341 e. The van der Waals surface area contributed by atoms with Gasteiger partial charge in [0.1, 0.15) is 11.3 Å². The highest BCUT2D eigenvalue weighted by Gasteiger charge is 2.33. The highest BCUT2D eigenvalue weighted by Crippen LogP contribution is 2.43. The number of carboxylic acids is 1. The summed E-state index contributed by atoms with van der Waals surface area (Å²) in [6.07, 6.45) is 4.18. The second-order valence-electron chi connectivity index (χ2n) is 9.19. The van der Waals surface area contributed by atoms with E-state index in [1.165, 1.54) is 19.5 Å². The normalized spacial score (nSPS) is 19.7. The van der Waals surface area contributed by atoms with Gasteiger partial charge in [-0.15, -0.1) is 0 Å². The summed E-state index contributed by atoms with van der Waals surface area (Å²) in [5.74, 6) is -2.20. The molecule has 2 aliphatic heterocycles. The van der Waals surface area contributed by atoms with E-state index in [2.05, 4.69) is 10.6 Å². The highest BCUT2D eigenvalue weighted by molar-refractivity contribution is 8.03. The first-order valence-electron chi connectivity index (χ1n) is 11.9. The Morgan fingerprint density at radius 1 is 1.32 bits per heavy atom. The predicted molar refractivity (Wildman–Crippen MR) is 136 cm³/mol. The van der Waals surface area contributed by atoms with E-state index >= 15 is 4.39 Å². The van der Waals surface area contributed by atoms with Crippen LogP contribution in [0.4, 0.5) is 10.1 Å². The molecule has 1 aromatic heterocycles. The fourth-order valence-electron chi connectivity index (χ4n) is 4.75. The second-order valence-corrected chi connectivity index (χ2v) is 10.3. The summed E-state index contributed by atoms with van der Waals surface area (Å²) in [6, 6.07) is 1.09. The first kappa shape index (κ1) is 25.8. The molecule has 13 nitrogen and oxygen atoms in total. The Kier molecular flexibility index (Phi) is 6.88. The Bertz CT molecular complexity index is 1420. The Morgan fingerprint density at radius 3 is 2.61 bits per heavy atom. The van der Waals surface area contributed by atoms with Gasteiger partial charge in [-0.05, 0) is 30.7 Å². The molecule has 0 radical (unpaired) electrons. The van der Waals surface area contributed by atoms with Crippen LogP contribution in [0.5, 0.6) is 5.75 Å². The number of amides is 1. The minimum Gasteiger partial charge on any atom is -0.492 e. The third-order valence-electron chi connectivity index (χ3n) is 6.70. The van der Waals surface area contributed by atoms with Gasteiger partial charge in [0.25, 0.3) is 0 Å². The van der Waals surface area contributed by atoms with Gasteiger partial charge in [-0.1, -0.05) is 0 Å². The van der Waals surface area contributed by atoms with Crippen LogP contribution in [-0.4, -0.2) is 76.7 Å². The molecule has 1 atom stereocenters. The Hall–Kier alpha value is -3.85. The molecule has 1 saturated heterocycles. The van der Waals surface area contributed by atoms with Crippen molar-refractivity contribution in [2.24, 2.45) is 0 Å². The average Bonchev–Trinajstić information content (AvgIpc) is 3.61. The number of nitrogens with one attached hydrogen (secondary N) is 2. The van der Waals surface area contributed by atoms with Gasteiger partial charge in [-0.3, -0.25) is 24.6 Å². The minimum absolute atomic E-state index is 0.00271. The van der Waals surface area contributed by atoms with Crippen molar-refractivity contribution in [1.29, 1.82) is 0 Å². The van der Waals surface area contributed by atoms with Crippen molar-refractivity contribution in [2.75, 3.05) is 44.7 Å². The molecule has 5 rings (SSSR count). The van der Waals surface area contributed by atoms with Gasteiger partial charge in [-0.25, -0.2) is 9.18 Å². The highest BCUT2D eigenvalue weighted by atomic mass is 32.2. The first-order chi connectivity index (χ1) is 18.2. The molecule has 3 N–H and O–H groups in total. The fraction of sp³-hybridized carbons (Fsp3) is 0.435. The zero-order valence-corrected chi connectivity index (χ0v) is 21.1. The van der Waals surface area contributed by atoms with E-state index in [9.17, 15) is 29.6 Å². The van der Waals surface area contributed by atoms with E-state index < -0.39 is 33.2 Å². The molecule has 202 valence electrons. The van der Waals surface area contributed by atoms with Crippen LogP contribution in [-0.2, 0) is 4.79 Å². The van der Waals surface area contributed by atoms with Gasteiger partial charge in [0, 0.05) is 38.4 Å². The number of fused-ring (bicyclic) bond motifs is 1. The van der Waals surface area contributed by atoms with Gasteiger partial charge >= 0.3 is 11.0 Å². The molecule has 3 heterocycles. The van der Waals surface area contributed by atoms with Crippen molar-refractivity contribution in [3.05, 3.63) is 55.2 Å². The van der Waals surface area contributed by atoms with Crippen LogP contribution in [0.25, 0.3) is 10.9 Å². The number of hydrogen-bond donors (Lipinski definition) is 3. The van der Waals surface area contributed by atoms with Gasteiger partial charge < -0.3 is 29.9 Å². The zero-order valence-electron chi connectivity index (χ0n) is 20.3. The number of ether oxygens (including phenoxy) is 1. The number of carboxylic acid groups (broad SMARTS) is 1. The van der Waals surface area contributed by atoms with Crippen molar-refractivity contribution >= 4 is 40.2 Å². The van der Waals surface area contributed by atoms with Gasteiger partial charge in [0.2, 0.25) is 11.3 Å². The fourth-order valence-corrected chi connectivity index (χ4v) is 5.54. The van der Waals surface area contributed by atoms with Crippen molar-refractivity contribution in [3.63, 3.8) is 0 Å². The number of hydrogen-bond acceptors (Lipinski definition) is 10. The number of aromatic nitrogens is 1. The number of pyridine rings is 1. The van der Waals surface area contributed by atoms with E-state index in [-0.39, 0.29) is 40.3 Å². The predicted octanol–water partition coefficient (Wildman–Crippen LogP) is 1.12. The number of anilines is 1. The monoisotopic (exact) mass is 548 g/mol. The number of methoxy groups -OCH3 is 1. The largest absolute Gasteiger partial charge is 0.492 e. The lowest BCUT2D eigenvalue weighted by Gasteiger charge is -2.36. The molecular formula is C23H25FN6O7S. The molecule has 1 unspecified atom stereocenters. The number of nitrogens with zero attached hydrogens (tertiary/aromatic N) is 4. The van der Waals surface area contributed by atoms with E-state index in [0.29, 0.717) is 31.7 Å². The Balaban J connectivity index is 1.33. The number of piperazine rings is 1. The summed E-state index contributed by atoms with van der Waals surface area (Å²) in [6.45, 7) is 1.68. The molecule has 1 saturated carbocycles. The molecule has 0 bridgehead atoms. The van der Waals surface area contributed by atoms with Crippen molar-refractivity contribution in [1.82, 2.24) is 20.1 Å². The molecule has 0 spiro atoms. The summed E-state index contributed by atoms with van der Waals surface area (Å²) in [5.41, 5.74) is -1.24. The summed E-state index contributed by atoms with van der Waals surface area (Å²) < 4.78 is 22.8. The maximum atomic E-state index is 15.5. The molecule has 15 heteroatoms. The van der Waals surface area contributed by atoms with Crippen molar-refractivity contribution in [2.45, 2.75) is 24.4 Å². The van der Waals surface area contributed by atoms with Gasteiger partial charge in [0.05, 0.1) is 35.7 Å². The van der Waals surface area contributed by atoms with Crippen LogP contribution in [0, 0.1) is 15.9 Å². The third-order valence-corrected chi connectivity index (χ3v) is 7.70. The molecule has 1 amide bonds. The molecule has 1 aliphatic carbocycles. The lowest BCUT2D eigenvalue weighted by atomic mass is 10.1. The minimum atomic E-state index is -1.37. The lowest BCUT2D eigenvalue weighted by Crippen LogP contribution is -2.51. The topological polar surface area (TPSA) is 159 Å².